The van der Waals surface area contributed by atoms with Crippen LogP contribution in [0.5, 0.6) is 0 Å². The van der Waals surface area contributed by atoms with Gasteiger partial charge in [0.05, 0.1) is 4.75 Å². The first-order chi connectivity index (χ1) is 8.83. The molecule has 1 aromatic carbocycles. The molecule has 0 radical (unpaired) electrons. The van der Waals surface area contributed by atoms with E-state index in [1.165, 1.54) is 5.56 Å². The van der Waals surface area contributed by atoms with Crippen molar-refractivity contribution in [3.8, 4) is 0 Å². The van der Waals surface area contributed by atoms with Crippen molar-refractivity contribution in [2.45, 2.75) is 32.1 Å². The molecular weight excluding hydrogens is 260 g/mol. The van der Waals surface area contributed by atoms with Crippen LogP contribution in [0.2, 0.25) is 0 Å². The van der Waals surface area contributed by atoms with Gasteiger partial charge in [0.25, 0.3) is 0 Å². The molecule has 0 atom stereocenters. The zero-order chi connectivity index (χ0) is 14.1. The second-order valence-electron chi connectivity index (χ2n) is 5.76. The lowest BCUT2D eigenvalue weighted by Gasteiger charge is -2.29. The predicted molar refractivity (Wildman–Crippen MR) is 77.5 cm³/mol. The Morgan fingerprint density at radius 2 is 1.89 bits per heavy atom. The van der Waals surface area contributed by atoms with Gasteiger partial charge in [0.15, 0.2) is 0 Å². The zero-order valence-electron chi connectivity index (χ0n) is 11.8. The highest BCUT2D eigenvalue weighted by molar-refractivity contribution is 7.90. The quantitative estimate of drug-likeness (QED) is 0.894. The Morgan fingerprint density at radius 1 is 1.26 bits per heavy atom. The van der Waals surface area contributed by atoms with E-state index in [1.54, 1.807) is 18.2 Å². The number of nitrogens with one attached hydrogen (secondary N) is 1. The molecular formula is C14H22N2O2S. The van der Waals surface area contributed by atoms with E-state index >= 15 is 0 Å². The van der Waals surface area contributed by atoms with Gasteiger partial charge in [-0.15, -0.1) is 0 Å². The maximum absolute atomic E-state index is 12.6. The van der Waals surface area contributed by atoms with Crippen molar-refractivity contribution in [2.75, 3.05) is 19.6 Å². The summed E-state index contributed by atoms with van der Waals surface area (Å²) in [6.07, 6.45) is 0. The van der Waals surface area contributed by atoms with E-state index in [0.29, 0.717) is 26.2 Å². The molecule has 0 saturated carbocycles. The van der Waals surface area contributed by atoms with Crippen LogP contribution in [-0.4, -0.2) is 37.1 Å². The monoisotopic (exact) mass is 282 g/mol. The normalized spacial score (nSPS) is 22.9. The topological polar surface area (TPSA) is 49.4 Å². The number of hydrogen-bond acceptors (Lipinski definition) is 3. The fraction of sp³-hybridized carbons (Fsp3) is 0.571. The van der Waals surface area contributed by atoms with Gasteiger partial charge in [-0.25, -0.2) is 8.42 Å². The van der Waals surface area contributed by atoms with Crippen molar-refractivity contribution >= 4 is 10.0 Å². The predicted octanol–water partition coefficient (Wildman–Crippen LogP) is 1.51. The van der Waals surface area contributed by atoms with Crippen molar-refractivity contribution in [1.82, 2.24) is 9.62 Å². The standard InChI is InChI=1S/C14H22N2O2S/c1-12-4-6-13(7-5-12)10-16-9-8-15-11-14(2,3)19(16,17)18/h4-7,15H,8-11H2,1-3H3. The van der Waals surface area contributed by atoms with Crippen LogP contribution in [0.3, 0.4) is 0 Å². The second kappa shape index (κ2) is 5.23. The Balaban J connectivity index is 2.25. The Labute approximate surface area is 115 Å². The van der Waals surface area contributed by atoms with Gasteiger partial charge in [-0.3, -0.25) is 0 Å². The molecule has 106 valence electrons. The Kier molecular flexibility index (Phi) is 3.99. The van der Waals surface area contributed by atoms with E-state index in [4.69, 9.17) is 0 Å². The number of hydrogen-bond donors (Lipinski definition) is 1. The number of rotatable bonds is 2. The van der Waals surface area contributed by atoms with Crippen molar-refractivity contribution in [3.05, 3.63) is 35.4 Å². The highest BCUT2D eigenvalue weighted by atomic mass is 32.2. The Morgan fingerprint density at radius 3 is 2.53 bits per heavy atom. The summed E-state index contributed by atoms with van der Waals surface area (Å²) >= 11 is 0. The van der Waals surface area contributed by atoms with E-state index < -0.39 is 14.8 Å². The SMILES string of the molecule is Cc1ccc(CN2CCNCC(C)(C)S2(=O)=O)cc1. The molecule has 1 N–H and O–H groups in total. The lowest BCUT2D eigenvalue weighted by molar-refractivity contribution is 0.407. The van der Waals surface area contributed by atoms with Gasteiger partial charge in [-0.1, -0.05) is 29.8 Å². The number of benzene rings is 1. The molecule has 1 saturated heterocycles. The van der Waals surface area contributed by atoms with Gasteiger partial charge >= 0.3 is 0 Å². The van der Waals surface area contributed by atoms with Gasteiger partial charge in [-0.05, 0) is 26.3 Å². The van der Waals surface area contributed by atoms with Crippen LogP contribution in [0.4, 0.5) is 0 Å². The summed E-state index contributed by atoms with van der Waals surface area (Å²) in [6.45, 7) is 7.77. The molecule has 1 aliphatic rings. The van der Waals surface area contributed by atoms with Crippen LogP contribution >= 0.6 is 0 Å². The molecule has 2 rings (SSSR count). The first-order valence-electron chi connectivity index (χ1n) is 6.59. The minimum absolute atomic E-state index is 0.452. The molecule has 5 heteroatoms. The molecule has 0 spiro atoms. The van der Waals surface area contributed by atoms with E-state index in [-0.39, 0.29) is 0 Å². The number of sulfonamides is 1. The third-order valence-corrected chi connectivity index (χ3v) is 6.14. The summed E-state index contributed by atoms with van der Waals surface area (Å²) in [5.74, 6) is 0. The Bertz CT molecular complexity index is 535. The summed E-state index contributed by atoms with van der Waals surface area (Å²) in [7, 11) is -3.28. The molecule has 1 aromatic rings. The average molecular weight is 282 g/mol. The zero-order valence-corrected chi connectivity index (χ0v) is 12.6. The van der Waals surface area contributed by atoms with Gasteiger partial charge in [0, 0.05) is 26.2 Å². The minimum Gasteiger partial charge on any atom is -0.314 e. The molecule has 0 unspecified atom stereocenters. The van der Waals surface area contributed by atoms with Crippen LogP contribution in [0.1, 0.15) is 25.0 Å². The molecule has 1 fully saturated rings. The van der Waals surface area contributed by atoms with Crippen LogP contribution in [-0.2, 0) is 16.6 Å². The minimum atomic E-state index is -3.28. The summed E-state index contributed by atoms with van der Waals surface area (Å²) in [5.41, 5.74) is 2.22. The van der Waals surface area contributed by atoms with Gasteiger partial charge < -0.3 is 5.32 Å². The van der Waals surface area contributed by atoms with E-state index in [1.807, 2.05) is 31.2 Å². The van der Waals surface area contributed by atoms with Crippen LogP contribution < -0.4 is 5.32 Å². The van der Waals surface area contributed by atoms with Gasteiger partial charge in [0.1, 0.15) is 0 Å². The highest BCUT2D eigenvalue weighted by Crippen LogP contribution is 2.24. The number of aryl methyl sites for hydroxylation is 1. The van der Waals surface area contributed by atoms with Crippen molar-refractivity contribution < 1.29 is 8.42 Å². The third kappa shape index (κ3) is 2.99. The molecule has 19 heavy (non-hydrogen) atoms. The molecule has 0 amide bonds. The van der Waals surface area contributed by atoms with Gasteiger partial charge in [0.2, 0.25) is 10.0 Å². The highest BCUT2D eigenvalue weighted by Gasteiger charge is 2.40. The van der Waals surface area contributed by atoms with Crippen molar-refractivity contribution in [2.24, 2.45) is 0 Å². The smallest absolute Gasteiger partial charge is 0.220 e. The molecule has 0 bridgehead atoms. The molecule has 0 aromatic heterocycles. The van der Waals surface area contributed by atoms with E-state index in [0.717, 1.165) is 5.56 Å². The maximum atomic E-state index is 12.6. The Hall–Kier alpha value is -0.910. The van der Waals surface area contributed by atoms with Crippen LogP contribution in [0.25, 0.3) is 0 Å². The summed E-state index contributed by atoms with van der Waals surface area (Å²) < 4.78 is 26.1. The second-order valence-corrected chi connectivity index (χ2v) is 8.33. The summed E-state index contributed by atoms with van der Waals surface area (Å²) in [6, 6.07) is 8.03. The van der Waals surface area contributed by atoms with Crippen LogP contribution in [0.15, 0.2) is 24.3 Å². The van der Waals surface area contributed by atoms with Gasteiger partial charge in [-0.2, -0.15) is 4.31 Å². The third-order valence-electron chi connectivity index (χ3n) is 3.61. The molecule has 0 aliphatic carbocycles. The van der Waals surface area contributed by atoms with Crippen molar-refractivity contribution in [1.29, 1.82) is 0 Å². The first-order valence-corrected chi connectivity index (χ1v) is 8.03. The average Bonchev–Trinajstić information content (AvgIpc) is 2.43. The lowest BCUT2D eigenvalue weighted by atomic mass is 10.1. The lowest BCUT2D eigenvalue weighted by Crippen LogP contribution is -2.45. The van der Waals surface area contributed by atoms with Crippen molar-refractivity contribution in [3.63, 3.8) is 0 Å². The largest absolute Gasteiger partial charge is 0.314 e. The fourth-order valence-corrected chi connectivity index (χ4v) is 3.85. The summed E-state index contributed by atoms with van der Waals surface area (Å²) in [4.78, 5) is 0. The molecule has 1 aliphatic heterocycles. The van der Waals surface area contributed by atoms with E-state index in [9.17, 15) is 8.42 Å². The first kappa shape index (κ1) is 14.5. The molecule has 4 nitrogen and oxygen atoms in total. The van der Waals surface area contributed by atoms with Crippen LogP contribution in [0, 0.1) is 6.92 Å². The maximum Gasteiger partial charge on any atom is 0.220 e. The number of nitrogens with zero attached hydrogens (tertiary/aromatic N) is 1. The van der Waals surface area contributed by atoms with E-state index in [2.05, 4.69) is 5.32 Å². The molecule has 1 heterocycles. The fourth-order valence-electron chi connectivity index (χ4n) is 2.22. The summed E-state index contributed by atoms with van der Waals surface area (Å²) in [5, 5.41) is 3.20.